The summed E-state index contributed by atoms with van der Waals surface area (Å²) in [5, 5.41) is 14.3. The Balaban J connectivity index is 1.70. The predicted molar refractivity (Wildman–Crippen MR) is 135 cm³/mol. The molecule has 0 unspecified atom stereocenters. The summed E-state index contributed by atoms with van der Waals surface area (Å²) in [5.74, 6) is 1.37. The molecule has 0 saturated carbocycles. The van der Waals surface area contributed by atoms with Gasteiger partial charge in [-0.25, -0.2) is 0 Å². The van der Waals surface area contributed by atoms with Crippen molar-refractivity contribution >= 4 is 28.2 Å². The smallest absolute Gasteiger partial charge is 0.253 e. The second-order valence-corrected chi connectivity index (χ2v) is 8.31. The van der Waals surface area contributed by atoms with Crippen LogP contribution in [-0.4, -0.2) is 54.0 Å². The number of hydrogen-bond donors (Lipinski definition) is 3. The quantitative estimate of drug-likeness (QED) is 0.415. The Morgan fingerprint density at radius 3 is 2.52 bits per heavy atom. The Morgan fingerprint density at radius 2 is 1.82 bits per heavy atom. The monoisotopic (exact) mass is 469 g/mol. The van der Waals surface area contributed by atoms with Gasteiger partial charge in [0.2, 0.25) is 0 Å². The molecule has 0 radical (unpaired) electrons. The molecule has 3 aromatic rings. The lowest BCUT2D eigenvalue weighted by Crippen LogP contribution is -2.42. The first kappa shape index (κ1) is 24.5. The highest BCUT2D eigenvalue weighted by molar-refractivity contribution is 7.80. The van der Waals surface area contributed by atoms with Crippen LogP contribution in [0.15, 0.2) is 41.2 Å². The van der Waals surface area contributed by atoms with Gasteiger partial charge >= 0.3 is 0 Å². The third-order valence-electron chi connectivity index (χ3n) is 5.68. The van der Waals surface area contributed by atoms with Gasteiger partial charge in [-0.05, 0) is 67.4 Å². The van der Waals surface area contributed by atoms with Crippen molar-refractivity contribution in [2.45, 2.75) is 26.8 Å². The number of methoxy groups -OCH3 is 2. The molecule has 3 N–H and O–H groups in total. The molecule has 0 spiro atoms. The number of benzene rings is 2. The van der Waals surface area contributed by atoms with Gasteiger partial charge in [0, 0.05) is 24.0 Å². The Bertz CT molecular complexity index is 1190. The van der Waals surface area contributed by atoms with Gasteiger partial charge in [0.25, 0.3) is 5.56 Å². The highest BCUT2D eigenvalue weighted by atomic mass is 32.1. The van der Waals surface area contributed by atoms with E-state index in [0.29, 0.717) is 41.8 Å². The van der Waals surface area contributed by atoms with Crippen molar-refractivity contribution in [3.8, 4) is 11.5 Å². The molecule has 33 heavy (non-hydrogen) atoms. The van der Waals surface area contributed by atoms with Crippen molar-refractivity contribution in [1.29, 1.82) is 0 Å². The average molecular weight is 470 g/mol. The molecule has 0 atom stereocenters. The summed E-state index contributed by atoms with van der Waals surface area (Å²) in [6.07, 6.45) is 0.725. The van der Waals surface area contributed by atoms with Crippen LogP contribution in [0.3, 0.4) is 0 Å². The number of aliphatic hydroxyl groups excluding tert-OH is 1. The summed E-state index contributed by atoms with van der Waals surface area (Å²) in [6, 6.07) is 11.8. The van der Waals surface area contributed by atoms with Crippen molar-refractivity contribution < 1.29 is 14.6 Å². The maximum absolute atomic E-state index is 12.7. The van der Waals surface area contributed by atoms with Crippen LogP contribution < -0.4 is 20.3 Å². The number of fused-ring (bicyclic) bond motifs is 1. The number of aliphatic hydroxyl groups is 1. The molecule has 0 saturated heterocycles. The molecule has 176 valence electrons. The zero-order valence-electron chi connectivity index (χ0n) is 19.5. The zero-order chi connectivity index (χ0) is 24.0. The molecule has 7 nitrogen and oxygen atoms in total. The lowest BCUT2D eigenvalue weighted by molar-refractivity contribution is 0.245. The molecule has 0 fully saturated rings. The van der Waals surface area contributed by atoms with E-state index >= 15 is 0 Å². The maximum Gasteiger partial charge on any atom is 0.253 e. The fourth-order valence-corrected chi connectivity index (χ4v) is 4.03. The Labute approximate surface area is 199 Å². The van der Waals surface area contributed by atoms with Crippen LogP contribution in [0.1, 0.15) is 22.3 Å². The summed E-state index contributed by atoms with van der Waals surface area (Å²) in [4.78, 5) is 17.6. The number of nitrogens with one attached hydrogen (secondary N) is 2. The number of nitrogens with zero attached hydrogens (tertiary/aromatic N) is 1. The van der Waals surface area contributed by atoms with Gasteiger partial charge in [-0.1, -0.05) is 18.2 Å². The van der Waals surface area contributed by atoms with Crippen LogP contribution in [0.2, 0.25) is 0 Å². The normalized spacial score (nSPS) is 10.8. The van der Waals surface area contributed by atoms with E-state index in [1.165, 1.54) is 0 Å². The highest BCUT2D eigenvalue weighted by Crippen LogP contribution is 2.27. The van der Waals surface area contributed by atoms with Gasteiger partial charge in [-0.3, -0.25) is 4.79 Å². The second-order valence-electron chi connectivity index (χ2n) is 7.93. The molecule has 0 aliphatic heterocycles. The molecule has 1 aromatic heterocycles. The van der Waals surface area contributed by atoms with Gasteiger partial charge in [0.05, 0.1) is 32.9 Å². The SMILES string of the molecule is COc1ccc(CCNC(=S)N(CCO)Cc2cc3c(C)ccc(C)c3[nH]c2=O)cc1OC. The molecule has 8 heteroatoms. The summed E-state index contributed by atoms with van der Waals surface area (Å²) < 4.78 is 10.6. The van der Waals surface area contributed by atoms with E-state index in [0.717, 1.165) is 34.0 Å². The predicted octanol–water partition coefficient (Wildman–Crippen LogP) is 3.07. The first-order valence-corrected chi connectivity index (χ1v) is 11.3. The second kappa shape index (κ2) is 11.2. The molecular formula is C25H31N3O4S. The van der Waals surface area contributed by atoms with Gasteiger partial charge in [0.15, 0.2) is 16.6 Å². The van der Waals surface area contributed by atoms with E-state index in [2.05, 4.69) is 10.3 Å². The number of H-pyrrole nitrogens is 1. The minimum atomic E-state index is -0.146. The standard InChI is InChI=1S/C25H31N3O4S/c1-16-5-6-17(2)23-20(16)14-19(24(30)27-23)15-28(11-12-29)25(33)26-10-9-18-7-8-21(31-3)22(13-18)32-4/h5-8,13-14,29H,9-12,15H2,1-4H3,(H,26,33)(H,27,30). The van der Waals surface area contributed by atoms with E-state index < -0.39 is 0 Å². The Kier molecular flexibility index (Phi) is 8.30. The number of aryl methyl sites for hydroxylation is 2. The van der Waals surface area contributed by atoms with Crippen LogP contribution in [0, 0.1) is 13.8 Å². The van der Waals surface area contributed by atoms with E-state index in [4.69, 9.17) is 21.7 Å². The first-order valence-electron chi connectivity index (χ1n) is 10.8. The van der Waals surface area contributed by atoms with Crippen LogP contribution in [0.25, 0.3) is 10.9 Å². The summed E-state index contributed by atoms with van der Waals surface area (Å²) >= 11 is 5.58. The third kappa shape index (κ3) is 5.83. The first-order chi connectivity index (χ1) is 15.9. The minimum Gasteiger partial charge on any atom is -0.493 e. The van der Waals surface area contributed by atoms with Crippen molar-refractivity contribution in [3.05, 3.63) is 69.0 Å². The number of pyridine rings is 1. The van der Waals surface area contributed by atoms with Gasteiger partial charge in [-0.15, -0.1) is 0 Å². The lowest BCUT2D eigenvalue weighted by atomic mass is 10.0. The lowest BCUT2D eigenvalue weighted by Gasteiger charge is -2.25. The number of aromatic nitrogens is 1. The number of hydrogen-bond acceptors (Lipinski definition) is 5. The minimum absolute atomic E-state index is 0.0683. The van der Waals surface area contributed by atoms with E-state index in [9.17, 15) is 9.90 Å². The summed E-state index contributed by atoms with van der Waals surface area (Å²) in [7, 11) is 3.22. The van der Waals surface area contributed by atoms with Crippen molar-refractivity contribution in [2.75, 3.05) is 33.9 Å². The summed E-state index contributed by atoms with van der Waals surface area (Å²) in [6.45, 7) is 5.17. The average Bonchev–Trinajstić information content (AvgIpc) is 2.81. The maximum atomic E-state index is 12.7. The molecule has 0 amide bonds. The Morgan fingerprint density at radius 1 is 1.09 bits per heavy atom. The van der Waals surface area contributed by atoms with Gasteiger partial charge in [-0.2, -0.15) is 0 Å². The van der Waals surface area contributed by atoms with Crippen molar-refractivity contribution in [3.63, 3.8) is 0 Å². The number of thiocarbonyl (C=S) groups is 1. The largest absolute Gasteiger partial charge is 0.493 e. The van der Waals surface area contributed by atoms with Gasteiger partial charge in [0.1, 0.15) is 0 Å². The number of rotatable bonds is 9. The Hall–Kier alpha value is -3.10. The van der Waals surface area contributed by atoms with Crippen molar-refractivity contribution in [2.24, 2.45) is 0 Å². The molecule has 2 aromatic carbocycles. The topological polar surface area (TPSA) is 86.8 Å². The third-order valence-corrected chi connectivity index (χ3v) is 6.08. The van der Waals surface area contributed by atoms with Crippen molar-refractivity contribution in [1.82, 2.24) is 15.2 Å². The van der Waals surface area contributed by atoms with Crippen LogP contribution in [0.5, 0.6) is 11.5 Å². The van der Waals surface area contributed by atoms with Crippen LogP contribution in [0.4, 0.5) is 0 Å². The zero-order valence-corrected chi connectivity index (χ0v) is 20.3. The molecule has 1 heterocycles. The van der Waals surface area contributed by atoms with E-state index in [1.807, 2.05) is 55.1 Å². The molecule has 0 aliphatic carbocycles. The van der Waals surface area contributed by atoms with Crippen LogP contribution in [-0.2, 0) is 13.0 Å². The molecule has 0 bridgehead atoms. The van der Waals surface area contributed by atoms with E-state index in [1.54, 1.807) is 14.2 Å². The molecule has 0 aliphatic rings. The fourth-order valence-electron chi connectivity index (χ4n) is 3.78. The van der Waals surface area contributed by atoms with Crippen LogP contribution >= 0.6 is 12.2 Å². The number of aromatic amines is 1. The van der Waals surface area contributed by atoms with E-state index in [-0.39, 0.29) is 12.2 Å². The molecule has 3 rings (SSSR count). The van der Waals surface area contributed by atoms with Gasteiger partial charge < -0.3 is 29.8 Å². The summed E-state index contributed by atoms with van der Waals surface area (Å²) in [5.41, 5.74) is 4.51. The number of ether oxygens (including phenoxy) is 2. The molecular weight excluding hydrogens is 438 g/mol. The highest BCUT2D eigenvalue weighted by Gasteiger charge is 2.14. The fraction of sp³-hybridized carbons (Fsp3) is 0.360.